The number of nitrogens with one attached hydrogen (secondary N) is 3. The van der Waals surface area contributed by atoms with Gasteiger partial charge in [0.25, 0.3) is 0 Å². The van der Waals surface area contributed by atoms with Crippen LogP contribution in [-0.4, -0.2) is 40.2 Å². The Morgan fingerprint density at radius 1 is 1.58 bits per heavy atom. The lowest BCUT2D eigenvalue weighted by Crippen LogP contribution is -2.36. The summed E-state index contributed by atoms with van der Waals surface area (Å²) in [5.41, 5.74) is 1.91. The van der Waals surface area contributed by atoms with Gasteiger partial charge in [0.05, 0.1) is 0 Å². The van der Waals surface area contributed by atoms with Crippen molar-refractivity contribution in [3.63, 3.8) is 0 Å². The van der Waals surface area contributed by atoms with Crippen molar-refractivity contribution in [3.8, 4) is 0 Å². The van der Waals surface area contributed by atoms with E-state index < -0.39 is 11.6 Å². The van der Waals surface area contributed by atoms with Gasteiger partial charge in [-0.1, -0.05) is 0 Å². The molecule has 0 fully saturated rings. The number of amides is 1. The lowest BCUT2D eigenvalue weighted by molar-refractivity contribution is 0.0846. The van der Waals surface area contributed by atoms with Gasteiger partial charge in [-0.05, 0) is 0 Å². The summed E-state index contributed by atoms with van der Waals surface area (Å²) in [6.07, 6.45) is 0. The minimum Gasteiger partial charge on any atom is -0.285 e. The minimum atomic E-state index is -0.501. The van der Waals surface area contributed by atoms with E-state index in [1.165, 1.54) is 5.01 Å². The molecule has 0 aliphatic carbocycles. The van der Waals surface area contributed by atoms with Crippen molar-refractivity contribution in [2.45, 2.75) is 0 Å². The molecular weight excluding hydrogens is 162 g/mol. The Morgan fingerprint density at radius 2 is 2.25 bits per heavy atom. The van der Waals surface area contributed by atoms with Crippen LogP contribution in [0.1, 0.15) is 10.6 Å². The van der Waals surface area contributed by atoms with E-state index in [4.69, 9.17) is 0 Å². The number of carbonyl (C=O) groups excluding carboxylic acids is 1. The number of H-pyrrole nitrogens is 2. The fourth-order valence-corrected chi connectivity index (χ4v) is 0.634. The van der Waals surface area contributed by atoms with E-state index in [0.29, 0.717) is 0 Å². The maximum absolute atomic E-state index is 11.1. The molecule has 1 aromatic rings. The predicted molar refractivity (Wildman–Crippen MR) is 40.4 cm³/mol. The van der Waals surface area contributed by atoms with Crippen molar-refractivity contribution in [2.75, 3.05) is 14.1 Å². The van der Waals surface area contributed by atoms with E-state index >= 15 is 0 Å². The summed E-state index contributed by atoms with van der Waals surface area (Å²) < 4.78 is 0. The molecule has 0 aromatic carbocycles. The first kappa shape index (κ1) is 8.47. The predicted octanol–water partition coefficient (Wildman–Crippen LogP) is -1.70. The normalized spacial score (nSPS) is 10.2. The highest BCUT2D eigenvalue weighted by Gasteiger charge is 2.09. The van der Waals surface area contributed by atoms with Gasteiger partial charge in [0.15, 0.2) is 0 Å². The lowest BCUT2D eigenvalue weighted by Gasteiger charge is -2.08. The van der Waals surface area contributed by atoms with Gasteiger partial charge in [0.1, 0.15) is 0 Å². The highest BCUT2D eigenvalue weighted by atomic mass is 16.2. The van der Waals surface area contributed by atoms with Gasteiger partial charge in [-0.2, -0.15) is 0 Å². The summed E-state index contributed by atoms with van der Waals surface area (Å²) >= 11 is 0. The number of hydrazine groups is 1. The fourth-order valence-electron chi connectivity index (χ4n) is 0.634. The van der Waals surface area contributed by atoms with Crippen molar-refractivity contribution >= 4 is 5.91 Å². The van der Waals surface area contributed by atoms with Crippen molar-refractivity contribution in [3.05, 3.63) is 16.3 Å². The van der Waals surface area contributed by atoms with E-state index in [0.717, 1.165) is 0 Å². The molecule has 12 heavy (non-hydrogen) atoms. The van der Waals surface area contributed by atoms with Crippen LogP contribution in [0.15, 0.2) is 4.79 Å². The number of hydrogen-bond donors (Lipinski definition) is 3. The molecule has 1 heterocycles. The zero-order valence-corrected chi connectivity index (χ0v) is 6.71. The standard InChI is InChI=1S/C5H9N5O2/c1-10(2)9-4(11)3-6-5(12)8-7-3/h1-2H3,(H,9,11)(H2,6,7,8,12). The third-order valence-corrected chi connectivity index (χ3v) is 1.04. The quantitative estimate of drug-likeness (QED) is 0.462. The van der Waals surface area contributed by atoms with Crippen LogP contribution in [0.3, 0.4) is 0 Å². The van der Waals surface area contributed by atoms with E-state index in [2.05, 4.69) is 20.6 Å². The maximum atomic E-state index is 11.1. The number of aromatic amines is 2. The summed E-state index contributed by atoms with van der Waals surface area (Å²) in [7, 11) is 3.31. The van der Waals surface area contributed by atoms with Gasteiger partial charge in [-0.25, -0.2) is 14.9 Å². The van der Waals surface area contributed by atoms with Crippen LogP contribution in [0.2, 0.25) is 0 Å². The van der Waals surface area contributed by atoms with E-state index in [1.807, 2.05) is 0 Å². The molecule has 1 rings (SSSR count). The average Bonchev–Trinajstić information content (AvgIpc) is 2.34. The second-order valence-electron chi connectivity index (χ2n) is 2.36. The molecule has 1 amide bonds. The van der Waals surface area contributed by atoms with Crippen molar-refractivity contribution in [2.24, 2.45) is 0 Å². The van der Waals surface area contributed by atoms with Crippen LogP contribution in [-0.2, 0) is 0 Å². The lowest BCUT2D eigenvalue weighted by atomic mass is 10.6. The molecule has 0 aliphatic rings. The monoisotopic (exact) mass is 171 g/mol. The molecule has 0 unspecified atom stereocenters. The highest BCUT2D eigenvalue weighted by molar-refractivity contribution is 5.89. The third-order valence-electron chi connectivity index (χ3n) is 1.04. The summed E-state index contributed by atoms with van der Waals surface area (Å²) in [5, 5.41) is 6.97. The zero-order chi connectivity index (χ0) is 9.14. The van der Waals surface area contributed by atoms with Crippen molar-refractivity contribution in [1.82, 2.24) is 25.6 Å². The first-order valence-electron chi connectivity index (χ1n) is 3.22. The van der Waals surface area contributed by atoms with Gasteiger partial charge in [-0.3, -0.25) is 15.2 Å². The Labute approximate surface area is 67.7 Å². The molecular formula is C5H9N5O2. The number of carbonyl (C=O) groups is 1. The summed E-state index contributed by atoms with van der Waals surface area (Å²) in [6, 6.07) is 0. The smallest absolute Gasteiger partial charge is 0.285 e. The molecule has 0 atom stereocenters. The SMILES string of the molecule is CN(C)NC(=O)c1n[nH]c(=O)[nH]1. The fraction of sp³-hybridized carbons (Fsp3) is 0.400. The summed E-state index contributed by atoms with van der Waals surface area (Å²) in [5.74, 6) is -0.493. The Morgan fingerprint density at radius 3 is 2.67 bits per heavy atom. The number of aromatic nitrogens is 3. The first-order valence-corrected chi connectivity index (χ1v) is 3.22. The van der Waals surface area contributed by atoms with E-state index in [-0.39, 0.29) is 5.82 Å². The molecule has 1 aromatic heterocycles. The molecule has 0 saturated carbocycles. The number of hydrogen-bond acceptors (Lipinski definition) is 4. The van der Waals surface area contributed by atoms with E-state index in [9.17, 15) is 9.59 Å². The average molecular weight is 171 g/mol. The Kier molecular flexibility index (Phi) is 2.24. The second kappa shape index (κ2) is 3.18. The van der Waals surface area contributed by atoms with Crippen LogP contribution in [0.25, 0.3) is 0 Å². The molecule has 0 aliphatic heterocycles. The maximum Gasteiger partial charge on any atom is 0.341 e. The first-order chi connectivity index (χ1) is 5.59. The highest BCUT2D eigenvalue weighted by Crippen LogP contribution is 1.81. The van der Waals surface area contributed by atoms with Crippen LogP contribution in [0.4, 0.5) is 0 Å². The van der Waals surface area contributed by atoms with Gasteiger partial charge in [-0.15, -0.1) is 5.10 Å². The zero-order valence-electron chi connectivity index (χ0n) is 6.71. The Hall–Kier alpha value is -1.63. The molecule has 66 valence electrons. The number of rotatable bonds is 2. The largest absolute Gasteiger partial charge is 0.341 e. The molecule has 7 heteroatoms. The Bertz CT molecular complexity index is 325. The van der Waals surface area contributed by atoms with Crippen LogP contribution >= 0.6 is 0 Å². The summed E-state index contributed by atoms with van der Waals surface area (Å²) in [4.78, 5) is 23.8. The molecule has 0 spiro atoms. The van der Waals surface area contributed by atoms with Gasteiger partial charge in [0, 0.05) is 14.1 Å². The van der Waals surface area contributed by atoms with Crippen molar-refractivity contribution < 1.29 is 4.79 Å². The van der Waals surface area contributed by atoms with Crippen LogP contribution < -0.4 is 11.1 Å². The van der Waals surface area contributed by atoms with Gasteiger partial charge in [0.2, 0.25) is 5.82 Å². The molecule has 0 bridgehead atoms. The topological polar surface area (TPSA) is 93.9 Å². The molecule has 7 nitrogen and oxygen atoms in total. The van der Waals surface area contributed by atoms with E-state index in [1.54, 1.807) is 14.1 Å². The van der Waals surface area contributed by atoms with Crippen molar-refractivity contribution in [1.29, 1.82) is 0 Å². The molecule has 0 saturated heterocycles. The van der Waals surface area contributed by atoms with Gasteiger partial charge >= 0.3 is 11.6 Å². The Balaban J connectivity index is 2.72. The van der Waals surface area contributed by atoms with Crippen LogP contribution in [0, 0.1) is 0 Å². The molecule has 0 radical (unpaired) electrons. The van der Waals surface area contributed by atoms with Crippen LogP contribution in [0.5, 0.6) is 0 Å². The van der Waals surface area contributed by atoms with Gasteiger partial charge < -0.3 is 0 Å². The minimum absolute atomic E-state index is 0.0336. The summed E-state index contributed by atoms with van der Waals surface area (Å²) in [6.45, 7) is 0. The second-order valence-corrected chi connectivity index (χ2v) is 2.36. The molecule has 3 N–H and O–H groups in total. The third kappa shape index (κ3) is 1.92. The number of nitrogens with zero attached hydrogens (tertiary/aromatic N) is 2.